The van der Waals surface area contributed by atoms with Crippen molar-refractivity contribution in [2.24, 2.45) is 0 Å². The summed E-state index contributed by atoms with van der Waals surface area (Å²) in [5.41, 5.74) is 0.788. The number of hydrogen-bond donors (Lipinski definition) is 0. The molecule has 0 aliphatic carbocycles. The maximum Gasteiger partial charge on any atom is 0.253 e. The average molecular weight is 551 g/mol. The second-order valence-corrected chi connectivity index (χ2v) is 12.9. The van der Waals surface area contributed by atoms with E-state index in [1.54, 1.807) is 29.5 Å². The quantitative estimate of drug-likeness (QED) is 0.404. The van der Waals surface area contributed by atoms with Crippen molar-refractivity contribution in [2.75, 3.05) is 57.9 Å². The topological polar surface area (TPSA) is 92.3 Å². The second-order valence-electron chi connectivity index (χ2n) is 8.83. The summed E-state index contributed by atoms with van der Waals surface area (Å²) in [5.74, 6) is 0.521. The van der Waals surface area contributed by atoms with Gasteiger partial charge < -0.3 is 9.47 Å². The highest BCUT2D eigenvalue weighted by Gasteiger charge is 2.42. The maximum absolute atomic E-state index is 14.0. The van der Waals surface area contributed by atoms with Crippen LogP contribution in [0.3, 0.4) is 0 Å². The molecule has 194 valence electrons. The highest BCUT2D eigenvalue weighted by molar-refractivity contribution is 7.91. The van der Waals surface area contributed by atoms with Gasteiger partial charge in [-0.05, 0) is 48.9 Å². The maximum atomic E-state index is 14.0. The lowest BCUT2D eigenvalue weighted by Gasteiger charge is -2.30. The molecule has 0 N–H and O–H groups in total. The molecule has 2 aliphatic rings. The molecular formula is C24H30N4O5S3. The molecule has 1 aromatic carbocycles. The molecule has 4 heterocycles. The monoisotopic (exact) mass is 550 g/mol. The zero-order chi connectivity index (χ0) is 25.1. The first-order valence-corrected chi connectivity index (χ1v) is 15.2. The van der Waals surface area contributed by atoms with E-state index in [4.69, 9.17) is 14.5 Å². The molecule has 12 heteroatoms. The Morgan fingerprint density at radius 3 is 2.83 bits per heavy atom. The van der Waals surface area contributed by atoms with Gasteiger partial charge in [0.15, 0.2) is 5.13 Å². The second kappa shape index (κ2) is 11.1. The number of carbonyl (C=O) groups is 1. The van der Waals surface area contributed by atoms with Gasteiger partial charge in [0, 0.05) is 32.7 Å². The summed E-state index contributed by atoms with van der Waals surface area (Å²) < 4.78 is 40.0. The van der Waals surface area contributed by atoms with E-state index < -0.39 is 16.1 Å². The van der Waals surface area contributed by atoms with Crippen LogP contribution < -0.4 is 9.64 Å². The minimum Gasteiger partial charge on any atom is -0.497 e. The average Bonchev–Trinajstić information content (AvgIpc) is 3.67. The minimum atomic E-state index is -3.73. The first-order valence-electron chi connectivity index (χ1n) is 12.1. The van der Waals surface area contributed by atoms with Crippen LogP contribution in [0, 0.1) is 0 Å². The number of benzene rings is 1. The molecule has 1 amide bonds. The fourth-order valence-electron chi connectivity index (χ4n) is 4.69. The van der Waals surface area contributed by atoms with Crippen LogP contribution in [0.1, 0.15) is 19.3 Å². The summed E-state index contributed by atoms with van der Waals surface area (Å²) in [7, 11) is -2.11. The highest BCUT2D eigenvalue weighted by atomic mass is 32.2. The van der Waals surface area contributed by atoms with Crippen LogP contribution in [0.2, 0.25) is 0 Å². The number of rotatable bonds is 9. The molecule has 3 aromatic rings. The van der Waals surface area contributed by atoms with Crippen molar-refractivity contribution >= 4 is 54.0 Å². The van der Waals surface area contributed by atoms with Crippen molar-refractivity contribution in [3.8, 4) is 5.75 Å². The van der Waals surface area contributed by atoms with Crippen molar-refractivity contribution in [1.82, 2.24) is 14.2 Å². The fraction of sp³-hybridized carbons (Fsp3) is 0.500. The van der Waals surface area contributed by atoms with Crippen molar-refractivity contribution in [1.29, 1.82) is 0 Å². The number of thiazole rings is 1. The first kappa shape index (κ1) is 25.6. The Balaban J connectivity index is 1.41. The highest BCUT2D eigenvalue weighted by Crippen LogP contribution is 2.34. The third kappa shape index (κ3) is 5.29. The molecule has 0 spiro atoms. The van der Waals surface area contributed by atoms with Gasteiger partial charge in [0.2, 0.25) is 5.91 Å². The van der Waals surface area contributed by atoms with Crippen LogP contribution in [0.5, 0.6) is 5.75 Å². The van der Waals surface area contributed by atoms with Crippen molar-refractivity contribution in [3.05, 3.63) is 35.7 Å². The number of carbonyl (C=O) groups excluding carboxylic acids is 1. The lowest BCUT2D eigenvalue weighted by Crippen LogP contribution is -2.48. The molecule has 2 aliphatic heterocycles. The van der Waals surface area contributed by atoms with E-state index in [2.05, 4.69) is 4.90 Å². The molecule has 36 heavy (non-hydrogen) atoms. The zero-order valence-corrected chi connectivity index (χ0v) is 22.6. The number of thiophene rings is 1. The lowest BCUT2D eigenvalue weighted by atomic mass is 10.2. The summed E-state index contributed by atoms with van der Waals surface area (Å²) in [5, 5.41) is 2.33. The number of aromatic nitrogens is 1. The Bertz CT molecular complexity index is 1290. The van der Waals surface area contributed by atoms with Gasteiger partial charge in [-0.1, -0.05) is 17.4 Å². The van der Waals surface area contributed by atoms with Crippen molar-refractivity contribution < 1.29 is 22.7 Å². The molecule has 2 fully saturated rings. The molecule has 5 rings (SSSR count). The summed E-state index contributed by atoms with van der Waals surface area (Å²) >= 11 is 2.61. The van der Waals surface area contributed by atoms with Gasteiger partial charge in [0.25, 0.3) is 10.0 Å². The normalized spacial score (nSPS) is 19.6. The molecular weight excluding hydrogens is 520 g/mol. The smallest absolute Gasteiger partial charge is 0.253 e. The lowest BCUT2D eigenvalue weighted by molar-refractivity contribution is -0.121. The number of morpholine rings is 1. The Morgan fingerprint density at radius 1 is 1.25 bits per heavy atom. The molecule has 1 unspecified atom stereocenters. The van der Waals surface area contributed by atoms with Gasteiger partial charge in [-0.2, -0.15) is 4.31 Å². The number of hydrogen-bond acceptors (Lipinski definition) is 9. The van der Waals surface area contributed by atoms with E-state index in [-0.39, 0.29) is 10.1 Å². The Labute approximate surface area is 219 Å². The van der Waals surface area contributed by atoms with Crippen LogP contribution >= 0.6 is 22.7 Å². The first-order chi connectivity index (χ1) is 17.5. The number of amides is 1. The van der Waals surface area contributed by atoms with Gasteiger partial charge in [-0.3, -0.25) is 14.6 Å². The number of methoxy groups -OCH3 is 1. The van der Waals surface area contributed by atoms with E-state index in [1.807, 2.05) is 18.2 Å². The molecule has 0 radical (unpaired) electrons. The SMILES string of the molecule is COc1ccc2nc(N(CCCN3CCOCC3)C(=O)C3CCCN3S(=O)(=O)c3cccs3)sc2c1. The summed E-state index contributed by atoms with van der Waals surface area (Å²) in [4.78, 5) is 22.8. The molecule has 0 saturated carbocycles. The van der Waals surface area contributed by atoms with Gasteiger partial charge in [-0.25, -0.2) is 13.4 Å². The predicted molar refractivity (Wildman–Crippen MR) is 142 cm³/mol. The number of sulfonamides is 1. The Morgan fingerprint density at radius 2 is 2.08 bits per heavy atom. The molecule has 0 bridgehead atoms. The van der Waals surface area contributed by atoms with Crippen LogP contribution in [-0.2, 0) is 19.6 Å². The molecule has 1 atom stereocenters. The third-order valence-corrected chi connectivity index (χ3v) is 10.9. The van der Waals surface area contributed by atoms with E-state index in [9.17, 15) is 13.2 Å². The van der Waals surface area contributed by atoms with Crippen LogP contribution in [0.15, 0.2) is 39.9 Å². The van der Waals surface area contributed by atoms with Crippen LogP contribution in [-0.4, -0.2) is 87.6 Å². The molecule has 9 nitrogen and oxygen atoms in total. The van der Waals surface area contributed by atoms with Crippen molar-refractivity contribution in [2.45, 2.75) is 29.5 Å². The third-order valence-electron chi connectivity index (χ3n) is 6.59. The number of fused-ring (bicyclic) bond motifs is 1. The fourth-order valence-corrected chi connectivity index (χ4v) is 8.49. The van der Waals surface area contributed by atoms with E-state index >= 15 is 0 Å². The number of nitrogens with zero attached hydrogens (tertiary/aromatic N) is 4. The number of ether oxygens (including phenoxy) is 2. The zero-order valence-electron chi connectivity index (χ0n) is 20.2. The van der Waals surface area contributed by atoms with E-state index in [0.29, 0.717) is 31.1 Å². The summed E-state index contributed by atoms with van der Waals surface area (Å²) in [6.45, 7) is 4.86. The van der Waals surface area contributed by atoms with Crippen molar-refractivity contribution in [3.63, 3.8) is 0 Å². The van der Waals surface area contributed by atoms with Crippen LogP contribution in [0.4, 0.5) is 5.13 Å². The molecule has 2 saturated heterocycles. The summed E-state index contributed by atoms with van der Waals surface area (Å²) in [6, 6.07) is 8.23. The van der Waals surface area contributed by atoms with Gasteiger partial charge in [-0.15, -0.1) is 11.3 Å². The minimum absolute atomic E-state index is 0.208. The van der Waals surface area contributed by atoms with Crippen LogP contribution in [0.25, 0.3) is 10.2 Å². The number of anilines is 1. The Hall–Kier alpha value is -2.09. The standard InChI is InChI=1S/C24H30N4O5S3/c1-32-18-7-8-19-21(17-18)35-24(25-19)27(10-4-9-26-12-14-33-15-13-26)23(29)20-5-2-11-28(20)36(30,31)22-6-3-16-34-22/h3,6-8,16-17,20H,2,4-5,9-15H2,1H3. The Kier molecular flexibility index (Phi) is 7.89. The molecule has 2 aromatic heterocycles. The van der Waals surface area contributed by atoms with Gasteiger partial charge in [0.05, 0.1) is 30.5 Å². The van der Waals surface area contributed by atoms with Gasteiger partial charge >= 0.3 is 0 Å². The van der Waals surface area contributed by atoms with E-state index in [0.717, 1.165) is 55.2 Å². The van der Waals surface area contributed by atoms with Gasteiger partial charge in [0.1, 0.15) is 16.0 Å². The predicted octanol–water partition coefficient (Wildman–Crippen LogP) is 3.28. The summed E-state index contributed by atoms with van der Waals surface area (Å²) in [6.07, 6.45) is 1.91. The van der Waals surface area contributed by atoms with E-state index in [1.165, 1.54) is 27.0 Å². The largest absolute Gasteiger partial charge is 0.497 e.